The van der Waals surface area contributed by atoms with E-state index in [1.165, 1.54) is 18.9 Å². The Hall–Kier alpha value is -2.92. The number of benzene rings is 1. The summed E-state index contributed by atoms with van der Waals surface area (Å²) in [6, 6.07) is 5.96. The fourth-order valence-corrected chi connectivity index (χ4v) is 5.32. The normalized spacial score (nSPS) is 15.8. The largest absolute Gasteiger partial charge is 0.497 e. The molecule has 0 aliphatic heterocycles. The van der Waals surface area contributed by atoms with Crippen LogP contribution in [0, 0.1) is 5.92 Å². The van der Waals surface area contributed by atoms with Gasteiger partial charge in [-0.15, -0.1) is 10.2 Å². The number of thioether (sulfide) groups is 1. The van der Waals surface area contributed by atoms with E-state index in [0.29, 0.717) is 35.8 Å². The molecule has 11 heteroatoms. The van der Waals surface area contributed by atoms with Crippen molar-refractivity contribution in [1.29, 1.82) is 0 Å². The average Bonchev–Trinajstić information content (AvgIpc) is 3.36. The highest BCUT2D eigenvalue weighted by Crippen LogP contribution is 2.30. The van der Waals surface area contributed by atoms with Gasteiger partial charge in [0.15, 0.2) is 0 Å². The first-order valence-electron chi connectivity index (χ1n) is 13.1. The Morgan fingerprint density at radius 1 is 1.16 bits per heavy atom. The molecular weight excluding hydrogens is 506 g/mol. The maximum absolute atomic E-state index is 13.8. The number of ketones is 1. The molecule has 1 fully saturated rings. The summed E-state index contributed by atoms with van der Waals surface area (Å²) >= 11 is 1.38. The molecule has 1 aromatic heterocycles. The Labute approximate surface area is 228 Å². The van der Waals surface area contributed by atoms with Crippen molar-refractivity contribution in [3.05, 3.63) is 35.7 Å². The molecule has 208 valence electrons. The molecule has 0 spiro atoms. The van der Waals surface area contributed by atoms with Gasteiger partial charge in [-0.05, 0) is 57.5 Å². The number of aromatic nitrogens is 2. The molecule has 0 radical (unpaired) electrons. The zero-order chi connectivity index (χ0) is 27.7. The number of hydrogen-bond donors (Lipinski definition) is 2. The Bertz CT molecular complexity index is 1100. The zero-order valence-corrected chi connectivity index (χ0v) is 23.7. The van der Waals surface area contributed by atoms with E-state index in [1.54, 1.807) is 24.3 Å². The first-order valence-corrected chi connectivity index (χ1v) is 14.0. The van der Waals surface area contributed by atoms with Crippen LogP contribution >= 0.6 is 11.8 Å². The van der Waals surface area contributed by atoms with Crippen LogP contribution in [0.5, 0.6) is 5.75 Å². The summed E-state index contributed by atoms with van der Waals surface area (Å²) in [5.41, 5.74) is -0.710. The topological polar surface area (TPSA) is 127 Å². The van der Waals surface area contributed by atoms with Crippen molar-refractivity contribution >= 4 is 29.4 Å². The van der Waals surface area contributed by atoms with Crippen LogP contribution in [0.15, 0.2) is 33.9 Å². The van der Waals surface area contributed by atoms with E-state index in [1.807, 2.05) is 32.8 Å². The van der Waals surface area contributed by atoms with Crippen molar-refractivity contribution in [3.63, 3.8) is 0 Å². The standard InChI is InChI=1S/C27H39N5O5S/c1-18(2)16-21(22(33)24-30-31-26(37-24)38-15-14-32(3)4)28-25(35)27(12-7-6-8-13-27)29-23(34)19-10-9-11-20(17-19)36-5/h9-11,17-18,21H,6-8,12-16H2,1-5H3,(H,28,35)(H,29,34). The third-order valence-electron chi connectivity index (χ3n) is 6.54. The van der Waals surface area contributed by atoms with E-state index in [9.17, 15) is 14.4 Å². The average molecular weight is 546 g/mol. The van der Waals surface area contributed by atoms with E-state index in [-0.39, 0.29) is 23.6 Å². The second-order valence-corrected chi connectivity index (χ2v) is 11.4. The summed E-state index contributed by atoms with van der Waals surface area (Å²) in [6.45, 7) is 4.78. The van der Waals surface area contributed by atoms with Crippen LogP contribution in [-0.4, -0.2) is 77.8 Å². The van der Waals surface area contributed by atoms with Crippen molar-refractivity contribution in [1.82, 2.24) is 25.7 Å². The van der Waals surface area contributed by atoms with E-state index < -0.39 is 17.4 Å². The second-order valence-electron chi connectivity index (χ2n) is 10.4. The van der Waals surface area contributed by atoms with Gasteiger partial charge < -0.3 is 24.7 Å². The number of carbonyl (C=O) groups is 3. The van der Waals surface area contributed by atoms with E-state index in [4.69, 9.17) is 9.15 Å². The smallest absolute Gasteiger partial charge is 0.286 e. The van der Waals surface area contributed by atoms with Gasteiger partial charge in [-0.25, -0.2) is 0 Å². The molecule has 1 aliphatic carbocycles. The van der Waals surface area contributed by atoms with Crippen LogP contribution < -0.4 is 15.4 Å². The number of carbonyl (C=O) groups excluding carboxylic acids is 3. The lowest BCUT2D eigenvalue weighted by atomic mass is 9.80. The first kappa shape index (κ1) is 29.6. The molecule has 1 heterocycles. The van der Waals surface area contributed by atoms with Crippen LogP contribution in [0.3, 0.4) is 0 Å². The Balaban J connectivity index is 1.77. The predicted octanol–water partition coefficient (Wildman–Crippen LogP) is 3.58. The Morgan fingerprint density at radius 2 is 1.89 bits per heavy atom. The van der Waals surface area contributed by atoms with Crippen molar-refractivity contribution in [2.24, 2.45) is 5.92 Å². The minimum Gasteiger partial charge on any atom is -0.497 e. The Kier molecular flexibility index (Phi) is 10.7. The predicted molar refractivity (Wildman–Crippen MR) is 146 cm³/mol. The molecule has 38 heavy (non-hydrogen) atoms. The molecular formula is C27H39N5O5S. The van der Waals surface area contributed by atoms with E-state index in [2.05, 4.69) is 20.8 Å². The van der Waals surface area contributed by atoms with Crippen LogP contribution in [0.2, 0.25) is 0 Å². The summed E-state index contributed by atoms with van der Waals surface area (Å²) in [7, 11) is 5.48. The minimum absolute atomic E-state index is 0.120. The third kappa shape index (κ3) is 8.04. The summed E-state index contributed by atoms with van der Waals surface area (Å²) in [5.74, 6) is 0.141. The fourth-order valence-electron chi connectivity index (χ4n) is 4.45. The van der Waals surface area contributed by atoms with Gasteiger partial charge in [0.2, 0.25) is 11.7 Å². The number of methoxy groups -OCH3 is 1. The SMILES string of the molecule is COc1cccc(C(=O)NC2(C(=O)NC(CC(C)C)C(=O)c3nnc(SCCN(C)C)o3)CCCCC2)c1. The number of nitrogens with zero attached hydrogens (tertiary/aromatic N) is 3. The summed E-state index contributed by atoms with van der Waals surface area (Å²) < 4.78 is 10.9. The van der Waals surface area contributed by atoms with Gasteiger partial charge in [0.05, 0.1) is 13.2 Å². The van der Waals surface area contributed by atoms with Crippen molar-refractivity contribution in [2.75, 3.05) is 33.5 Å². The highest BCUT2D eigenvalue weighted by molar-refractivity contribution is 7.99. The molecule has 2 amide bonds. The quantitative estimate of drug-likeness (QED) is 0.287. The lowest BCUT2D eigenvalue weighted by Gasteiger charge is -2.37. The number of Topliss-reactive ketones (excluding diaryl/α,β-unsaturated/α-hetero) is 1. The fraction of sp³-hybridized carbons (Fsp3) is 0.593. The zero-order valence-electron chi connectivity index (χ0n) is 22.9. The van der Waals surface area contributed by atoms with E-state index >= 15 is 0 Å². The second kappa shape index (κ2) is 13.7. The van der Waals surface area contributed by atoms with Gasteiger partial charge in [-0.3, -0.25) is 14.4 Å². The molecule has 1 saturated carbocycles. The molecule has 1 aromatic carbocycles. The molecule has 1 atom stereocenters. The molecule has 2 aromatic rings. The molecule has 1 aliphatic rings. The molecule has 0 saturated heterocycles. The Morgan fingerprint density at radius 3 is 2.55 bits per heavy atom. The maximum atomic E-state index is 13.8. The van der Waals surface area contributed by atoms with Crippen molar-refractivity contribution in [3.8, 4) is 5.75 Å². The first-order chi connectivity index (χ1) is 18.1. The lowest BCUT2D eigenvalue weighted by molar-refractivity contribution is -0.129. The van der Waals surface area contributed by atoms with Crippen molar-refractivity contribution < 1.29 is 23.5 Å². The molecule has 10 nitrogen and oxygen atoms in total. The van der Waals surface area contributed by atoms with Crippen LogP contribution in [0.25, 0.3) is 0 Å². The van der Waals surface area contributed by atoms with Gasteiger partial charge in [-0.2, -0.15) is 0 Å². The number of amides is 2. The number of ether oxygens (including phenoxy) is 1. The minimum atomic E-state index is -1.12. The van der Waals surface area contributed by atoms with Crippen molar-refractivity contribution in [2.45, 2.75) is 69.2 Å². The summed E-state index contributed by atoms with van der Waals surface area (Å²) in [5, 5.41) is 14.2. The van der Waals surface area contributed by atoms with Gasteiger partial charge in [-0.1, -0.05) is 50.9 Å². The van der Waals surface area contributed by atoms with Gasteiger partial charge in [0.1, 0.15) is 11.3 Å². The van der Waals surface area contributed by atoms with Gasteiger partial charge in [0, 0.05) is 17.9 Å². The highest BCUT2D eigenvalue weighted by atomic mass is 32.2. The molecule has 3 rings (SSSR count). The third-order valence-corrected chi connectivity index (χ3v) is 7.34. The van der Waals surface area contributed by atoms with Crippen LogP contribution in [0.1, 0.15) is 73.4 Å². The van der Waals surface area contributed by atoms with Crippen LogP contribution in [0.4, 0.5) is 0 Å². The molecule has 2 N–H and O–H groups in total. The molecule has 1 unspecified atom stereocenters. The van der Waals surface area contributed by atoms with E-state index in [0.717, 1.165) is 31.6 Å². The summed E-state index contributed by atoms with van der Waals surface area (Å²) in [4.78, 5) is 42.4. The molecule has 0 bridgehead atoms. The maximum Gasteiger partial charge on any atom is 0.286 e. The number of nitrogens with one attached hydrogen (secondary N) is 2. The van der Waals surface area contributed by atoms with Gasteiger partial charge in [0.25, 0.3) is 17.0 Å². The monoisotopic (exact) mass is 545 g/mol. The lowest BCUT2D eigenvalue weighted by Crippen LogP contribution is -2.62. The van der Waals surface area contributed by atoms with Crippen LogP contribution in [-0.2, 0) is 4.79 Å². The summed E-state index contributed by atoms with van der Waals surface area (Å²) in [6.07, 6.45) is 3.96. The number of rotatable bonds is 13. The highest BCUT2D eigenvalue weighted by Gasteiger charge is 2.43. The number of hydrogen-bond acceptors (Lipinski definition) is 9. The van der Waals surface area contributed by atoms with Gasteiger partial charge >= 0.3 is 0 Å².